The third kappa shape index (κ3) is 5.55. The minimum absolute atomic E-state index is 0.428. The van der Waals surface area contributed by atoms with Gasteiger partial charge in [0.25, 0.3) is 0 Å². The summed E-state index contributed by atoms with van der Waals surface area (Å²) in [6, 6.07) is 9.79. The predicted molar refractivity (Wildman–Crippen MR) is 102 cm³/mol. The van der Waals surface area contributed by atoms with Crippen LogP contribution in [0.25, 0.3) is 0 Å². The zero-order chi connectivity index (χ0) is 18.2. The third-order valence-electron chi connectivity index (χ3n) is 3.76. The van der Waals surface area contributed by atoms with Crippen molar-refractivity contribution in [2.45, 2.75) is 27.2 Å². The Morgan fingerprint density at radius 1 is 0.920 bits per heavy atom. The van der Waals surface area contributed by atoms with E-state index in [0.717, 1.165) is 45.4 Å². The quantitative estimate of drug-likeness (QED) is 0.674. The maximum Gasteiger partial charge on any atom is 0.161 e. The van der Waals surface area contributed by atoms with Gasteiger partial charge >= 0.3 is 0 Å². The van der Waals surface area contributed by atoms with E-state index < -0.39 is 0 Å². The fourth-order valence-corrected chi connectivity index (χ4v) is 2.67. The van der Waals surface area contributed by atoms with E-state index in [9.17, 15) is 0 Å². The van der Waals surface area contributed by atoms with Crippen molar-refractivity contribution in [3.8, 4) is 17.2 Å². The molecule has 0 aliphatic rings. The molecular formula is C20H26ClNO3. The molecule has 0 aliphatic heterocycles. The van der Waals surface area contributed by atoms with Crippen LogP contribution in [0.4, 0.5) is 0 Å². The van der Waals surface area contributed by atoms with Crippen LogP contribution in [0, 0.1) is 13.8 Å². The number of aryl methyl sites for hydroxylation is 2. The summed E-state index contributed by atoms with van der Waals surface area (Å²) in [5.41, 5.74) is 8.76. The van der Waals surface area contributed by atoms with Crippen molar-refractivity contribution in [3.63, 3.8) is 0 Å². The molecule has 5 heteroatoms. The molecule has 0 bridgehead atoms. The van der Waals surface area contributed by atoms with Gasteiger partial charge in [0.15, 0.2) is 11.5 Å². The minimum Gasteiger partial charge on any atom is -0.490 e. The summed E-state index contributed by atoms with van der Waals surface area (Å²) in [6.07, 6.45) is 0.818. The maximum absolute atomic E-state index is 6.17. The van der Waals surface area contributed by atoms with Gasteiger partial charge < -0.3 is 19.9 Å². The molecule has 0 saturated heterocycles. The molecule has 0 heterocycles. The molecule has 0 atom stereocenters. The fourth-order valence-electron chi connectivity index (χ4n) is 2.56. The summed E-state index contributed by atoms with van der Waals surface area (Å²) >= 11 is 6.17. The Morgan fingerprint density at radius 3 is 2.24 bits per heavy atom. The van der Waals surface area contributed by atoms with E-state index in [4.69, 9.17) is 31.5 Å². The Bertz CT molecular complexity index is 680. The van der Waals surface area contributed by atoms with Gasteiger partial charge in [-0.15, -0.1) is 0 Å². The van der Waals surface area contributed by atoms with Crippen LogP contribution in [-0.2, 0) is 6.42 Å². The van der Waals surface area contributed by atoms with Crippen LogP contribution in [0.15, 0.2) is 30.3 Å². The molecular weight excluding hydrogens is 338 g/mol. The van der Waals surface area contributed by atoms with E-state index in [0.29, 0.717) is 26.4 Å². The van der Waals surface area contributed by atoms with Gasteiger partial charge in [-0.1, -0.05) is 17.7 Å². The van der Waals surface area contributed by atoms with E-state index in [1.54, 1.807) is 0 Å². The number of nitrogens with two attached hydrogens (primary N) is 1. The van der Waals surface area contributed by atoms with Crippen molar-refractivity contribution in [1.82, 2.24) is 0 Å². The molecule has 0 amide bonds. The lowest BCUT2D eigenvalue weighted by Gasteiger charge is -2.14. The predicted octanol–water partition coefficient (Wildman–Crippen LogP) is 4.31. The third-order valence-corrected chi connectivity index (χ3v) is 4.36. The van der Waals surface area contributed by atoms with Crippen LogP contribution in [-0.4, -0.2) is 26.4 Å². The Kier molecular flexibility index (Phi) is 7.41. The van der Waals surface area contributed by atoms with Crippen molar-refractivity contribution in [2.75, 3.05) is 26.4 Å². The molecule has 2 aromatic rings. The summed E-state index contributed by atoms with van der Waals surface area (Å²) in [4.78, 5) is 0. The molecule has 0 saturated carbocycles. The van der Waals surface area contributed by atoms with Crippen LogP contribution < -0.4 is 19.9 Å². The molecule has 4 nitrogen and oxygen atoms in total. The number of rotatable bonds is 9. The van der Waals surface area contributed by atoms with Crippen molar-refractivity contribution < 1.29 is 14.2 Å². The van der Waals surface area contributed by atoms with Gasteiger partial charge in [0, 0.05) is 5.02 Å². The second-order valence-corrected chi connectivity index (χ2v) is 6.20. The highest BCUT2D eigenvalue weighted by Crippen LogP contribution is 2.29. The van der Waals surface area contributed by atoms with Crippen LogP contribution in [0.2, 0.25) is 5.02 Å². The summed E-state index contributed by atoms with van der Waals surface area (Å²) in [5.74, 6) is 2.26. The van der Waals surface area contributed by atoms with Crippen molar-refractivity contribution in [3.05, 3.63) is 52.0 Å². The standard InChI is InChI=1S/C20H26ClNO3/c1-4-23-19-13-16(7-8-22)5-6-18(19)25-10-9-24-17-11-14(2)20(21)15(3)12-17/h5-6,11-13H,4,7-10,22H2,1-3H3. The average molecular weight is 364 g/mol. The normalized spacial score (nSPS) is 10.6. The Hall–Kier alpha value is -1.91. The lowest BCUT2D eigenvalue weighted by molar-refractivity contribution is 0.208. The zero-order valence-corrected chi connectivity index (χ0v) is 15.9. The average Bonchev–Trinajstić information content (AvgIpc) is 2.58. The van der Waals surface area contributed by atoms with Gasteiger partial charge in [-0.25, -0.2) is 0 Å². The molecule has 0 aromatic heterocycles. The molecule has 0 spiro atoms. The van der Waals surface area contributed by atoms with Crippen LogP contribution in [0.1, 0.15) is 23.6 Å². The topological polar surface area (TPSA) is 53.7 Å². The van der Waals surface area contributed by atoms with Gasteiger partial charge in [-0.05, 0) is 74.7 Å². The van der Waals surface area contributed by atoms with Crippen molar-refractivity contribution >= 4 is 11.6 Å². The smallest absolute Gasteiger partial charge is 0.161 e. The van der Waals surface area contributed by atoms with Crippen LogP contribution in [0.5, 0.6) is 17.2 Å². The number of hydrogen-bond acceptors (Lipinski definition) is 4. The van der Waals surface area contributed by atoms with E-state index in [1.165, 1.54) is 0 Å². The van der Waals surface area contributed by atoms with E-state index >= 15 is 0 Å². The second-order valence-electron chi connectivity index (χ2n) is 5.82. The first-order valence-electron chi connectivity index (χ1n) is 8.53. The first-order chi connectivity index (χ1) is 12.0. The van der Waals surface area contributed by atoms with Gasteiger partial charge in [0.1, 0.15) is 19.0 Å². The van der Waals surface area contributed by atoms with Crippen molar-refractivity contribution in [2.24, 2.45) is 5.73 Å². The van der Waals surface area contributed by atoms with Gasteiger partial charge in [-0.2, -0.15) is 0 Å². The van der Waals surface area contributed by atoms with Gasteiger partial charge in [-0.3, -0.25) is 0 Å². The molecule has 0 aliphatic carbocycles. The Labute approximate surface area is 154 Å². The summed E-state index contributed by atoms with van der Waals surface area (Å²) in [6.45, 7) is 7.95. The molecule has 25 heavy (non-hydrogen) atoms. The number of hydrogen-bond donors (Lipinski definition) is 1. The van der Waals surface area contributed by atoms with Crippen LogP contribution >= 0.6 is 11.6 Å². The first kappa shape index (κ1) is 19.4. The monoisotopic (exact) mass is 363 g/mol. The highest BCUT2D eigenvalue weighted by molar-refractivity contribution is 6.32. The number of benzene rings is 2. The largest absolute Gasteiger partial charge is 0.490 e. The van der Waals surface area contributed by atoms with Gasteiger partial charge in [0.05, 0.1) is 6.61 Å². The second kappa shape index (κ2) is 9.54. The highest BCUT2D eigenvalue weighted by atomic mass is 35.5. The Balaban J connectivity index is 1.93. The number of ether oxygens (including phenoxy) is 3. The van der Waals surface area contributed by atoms with Crippen molar-refractivity contribution in [1.29, 1.82) is 0 Å². The highest BCUT2D eigenvalue weighted by Gasteiger charge is 2.07. The maximum atomic E-state index is 6.17. The van der Waals surface area contributed by atoms with E-state index in [-0.39, 0.29) is 0 Å². The SMILES string of the molecule is CCOc1cc(CCN)ccc1OCCOc1cc(C)c(Cl)c(C)c1. The molecule has 136 valence electrons. The lowest BCUT2D eigenvalue weighted by Crippen LogP contribution is -2.10. The fraction of sp³-hybridized carbons (Fsp3) is 0.400. The molecule has 2 rings (SSSR count). The molecule has 0 fully saturated rings. The van der Waals surface area contributed by atoms with E-state index in [1.807, 2.05) is 51.1 Å². The first-order valence-corrected chi connectivity index (χ1v) is 8.91. The Morgan fingerprint density at radius 2 is 1.60 bits per heavy atom. The van der Waals surface area contributed by atoms with E-state index in [2.05, 4.69) is 0 Å². The summed E-state index contributed by atoms with van der Waals surface area (Å²) < 4.78 is 17.2. The summed E-state index contributed by atoms with van der Waals surface area (Å²) in [7, 11) is 0. The summed E-state index contributed by atoms with van der Waals surface area (Å²) in [5, 5.41) is 0.780. The van der Waals surface area contributed by atoms with Crippen LogP contribution in [0.3, 0.4) is 0 Å². The van der Waals surface area contributed by atoms with Gasteiger partial charge in [0.2, 0.25) is 0 Å². The molecule has 2 aromatic carbocycles. The molecule has 0 unspecified atom stereocenters. The minimum atomic E-state index is 0.428. The zero-order valence-electron chi connectivity index (χ0n) is 15.1. The molecule has 2 N–H and O–H groups in total. The molecule has 0 radical (unpaired) electrons. The lowest BCUT2D eigenvalue weighted by atomic mass is 10.1. The number of halogens is 1.